The number of hydrogen-bond donors (Lipinski definition) is 0. The van der Waals surface area contributed by atoms with Crippen LogP contribution in [0.25, 0.3) is 11.5 Å². The molecular weight excluding hydrogens is 456 g/mol. The van der Waals surface area contributed by atoms with Gasteiger partial charge >= 0.3 is 0 Å². The van der Waals surface area contributed by atoms with Gasteiger partial charge in [-0.2, -0.15) is 0 Å². The van der Waals surface area contributed by atoms with Gasteiger partial charge in [-0.1, -0.05) is 60.7 Å². The van der Waals surface area contributed by atoms with Crippen molar-refractivity contribution < 1.29 is 28.4 Å². The van der Waals surface area contributed by atoms with Crippen molar-refractivity contribution in [3.63, 3.8) is 0 Å². The minimum absolute atomic E-state index is 0.239. The maximum Gasteiger partial charge on any atom is 0.236 e. The first-order valence-corrected chi connectivity index (χ1v) is 13.2. The highest BCUT2D eigenvalue weighted by Gasteiger charge is 2.46. The highest BCUT2D eigenvalue weighted by molar-refractivity contribution is 5.61. The lowest BCUT2D eigenvalue weighted by Crippen LogP contribution is -2.37. The maximum absolute atomic E-state index is 6.30. The summed E-state index contributed by atoms with van der Waals surface area (Å²) in [6.45, 7) is 0.932. The van der Waals surface area contributed by atoms with Crippen LogP contribution in [0.1, 0.15) is 62.5 Å². The molecule has 2 saturated heterocycles. The van der Waals surface area contributed by atoms with Crippen molar-refractivity contribution in [2.75, 3.05) is 13.2 Å². The lowest BCUT2D eigenvalue weighted by molar-refractivity contribution is -0.200. The van der Waals surface area contributed by atoms with Crippen LogP contribution in [-0.4, -0.2) is 37.4 Å². The normalized spacial score (nSPS) is 31.7. The average molecular weight is 491 g/mol. The average Bonchev–Trinajstić information content (AvgIpc) is 3.51. The van der Waals surface area contributed by atoms with Gasteiger partial charge in [0.15, 0.2) is 12.6 Å². The Labute approximate surface area is 212 Å². The summed E-state index contributed by atoms with van der Waals surface area (Å²) in [5.41, 5.74) is 2.15. The summed E-state index contributed by atoms with van der Waals surface area (Å²) in [4.78, 5) is 0. The van der Waals surface area contributed by atoms with Crippen molar-refractivity contribution in [3.05, 3.63) is 83.9 Å². The topological polar surface area (TPSA) is 55.4 Å². The Balaban J connectivity index is 0.938. The third-order valence-corrected chi connectivity index (χ3v) is 7.22. The molecule has 6 heteroatoms. The van der Waals surface area contributed by atoms with Gasteiger partial charge < -0.3 is 28.4 Å². The Morgan fingerprint density at radius 2 is 1.06 bits per heavy atom. The number of benzene rings is 2. The zero-order chi connectivity index (χ0) is 24.3. The Bertz CT molecular complexity index is 996. The lowest BCUT2D eigenvalue weighted by atomic mass is 10.0. The maximum atomic E-state index is 6.30. The van der Waals surface area contributed by atoms with E-state index < -0.39 is 11.6 Å². The molecule has 0 aromatic heterocycles. The first kappa shape index (κ1) is 23.7. The Morgan fingerprint density at radius 3 is 1.50 bits per heavy atom. The molecule has 2 spiro atoms. The predicted octanol–water partition coefficient (Wildman–Crippen LogP) is 6.39. The second kappa shape index (κ2) is 10.4. The fourth-order valence-corrected chi connectivity index (χ4v) is 5.32. The van der Waals surface area contributed by atoms with E-state index in [-0.39, 0.29) is 12.6 Å². The molecule has 36 heavy (non-hydrogen) atoms. The first-order chi connectivity index (χ1) is 17.7. The molecular formula is C30H34O6. The molecule has 0 saturated carbocycles. The van der Waals surface area contributed by atoms with Gasteiger partial charge in [-0.05, 0) is 50.7 Å². The van der Waals surface area contributed by atoms with Crippen molar-refractivity contribution in [3.8, 4) is 0 Å². The van der Waals surface area contributed by atoms with Crippen LogP contribution >= 0.6 is 0 Å². The highest BCUT2D eigenvalue weighted by Crippen LogP contribution is 2.41. The van der Waals surface area contributed by atoms with Crippen molar-refractivity contribution in [1.82, 2.24) is 0 Å². The highest BCUT2D eigenvalue weighted by atomic mass is 16.8. The smallest absolute Gasteiger partial charge is 0.236 e. The molecule has 190 valence electrons. The molecule has 2 aromatic rings. The summed E-state index contributed by atoms with van der Waals surface area (Å²) < 4.78 is 37.1. The molecule has 0 aliphatic carbocycles. The van der Waals surface area contributed by atoms with Gasteiger partial charge in [-0.15, -0.1) is 0 Å². The van der Waals surface area contributed by atoms with Gasteiger partial charge in [0.2, 0.25) is 11.6 Å². The third kappa shape index (κ3) is 5.23. The van der Waals surface area contributed by atoms with E-state index >= 15 is 0 Å². The molecule has 4 unspecified atom stereocenters. The van der Waals surface area contributed by atoms with Gasteiger partial charge in [0, 0.05) is 24.0 Å². The van der Waals surface area contributed by atoms with Crippen LogP contribution in [0.3, 0.4) is 0 Å². The second-order valence-electron chi connectivity index (χ2n) is 9.97. The monoisotopic (exact) mass is 490 g/mol. The van der Waals surface area contributed by atoms with Crippen LogP contribution in [0, 0.1) is 0 Å². The van der Waals surface area contributed by atoms with Gasteiger partial charge in [-0.25, -0.2) is 0 Å². The number of allylic oxidation sites excluding steroid dienone is 2. The molecule has 0 bridgehead atoms. The van der Waals surface area contributed by atoms with E-state index in [0.29, 0.717) is 13.2 Å². The fraction of sp³-hybridized carbons (Fsp3) is 0.467. The van der Waals surface area contributed by atoms with Gasteiger partial charge in [0.25, 0.3) is 0 Å². The molecule has 4 aliphatic heterocycles. The molecule has 2 fully saturated rings. The van der Waals surface area contributed by atoms with E-state index in [2.05, 4.69) is 36.4 Å². The number of unbranched alkanes of at least 4 members (excludes halogenated alkanes) is 1. The summed E-state index contributed by atoms with van der Waals surface area (Å²) in [7, 11) is 0. The van der Waals surface area contributed by atoms with E-state index in [1.165, 1.54) is 0 Å². The number of rotatable bonds is 7. The fourth-order valence-electron chi connectivity index (χ4n) is 5.32. The standard InChI is InChI=1S/C30H34O6/c1-3-11-23(12-4-1)25-15-9-19-29(33-25)21-31-27(35-29)17-7-8-18-28-32-22-30(36-28)20-10-16-26(34-30)24-13-5-2-6-14-24/h1-6,11-16,27-28H,7-10,17-22H2. The van der Waals surface area contributed by atoms with E-state index in [0.717, 1.165) is 74.0 Å². The van der Waals surface area contributed by atoms with Crippen molar-refractivity contribution in [2.24, 2.45) is 0 Å². The van der Waals surface area contributed by atoms with Crippen LogP contribution in [-0.2, 0) is 28.4 Å². The van der Waals surface area contributed by atoms with Gasteiger partial charge in [-0.3, -0.25) is 0 Å². The van der Waals surface area contributed by atoms with Crippen LogP contribution in [0.5, 0.6) is 0 Å². The molecule has 2 aromatic carbocycles. The summed E-state index contributed by atoms with van der Waals surface area (Å²) in [6.07, 6.45) is 10.8. The van der Waals surface area contributed by atoms with Crippen LogP contribution in [0.4, 0.5) is 0 Å². The molecule has 0 N–H and O–H groups in total. The van der Waals surface area contributed by atoms with Crippen molar-refractivity contribution >= 4 is 11.5 Å². The zero-order valence-corrected chi connectivity index (χ0v) is 20.6. The summed E-state index contributed by atoms with van der Waals surface area (Å²) in [5.74, 6) is 0.421. The van der Waals surface area contributed by atoms with Crippen LogP contribution in [0.15, 0.2) is 72.8 Å². The Kier molecular flexibility index (Phi) is 6.85. The largest absolute Gasteiger partial charge is 0.459 e. The quantitative estimate of drug-likeness (QED) is 0.419. The minimum atomic E-state index is -0.670. The molecule has 4 heterocycles. The Hall–Kier alpha value is -2.64. The van der Waals surface area contributed by atoms with Crippen LogP contribution in [0.2, 0.25) is 0 Å². The van der Waals surface area contributed by atoms with Gasteiger partial charge in [0.1, 0.15) is 24.7 Å². The zero-order valence-electron chi connectivity index (χ0n) is 20.6. The van der Waals surface area contributed by atoms with Gasteiger partial charge in [0.05, 0.1) is 0 Å². The van der Waals surface area contributed by atoms with Crippen molar-refractivity contribution in [1.29, 1.82) is 0 Å². The van der Waals surface area contributed by atoms with E-state index in [4.69, 9.17) is 28.4 Å². The van der Waals surface area contributed by atoms with E-state index in [9.17, 15) is 0 Å². The molecule has 0 radical (unpaired) electrons. The predicted molar refractivity (Wildman–Crippen MR) is 135 cm³/mol. The molecule has 6 rings (SSSR count). The van der Waals surface area contributed by atoms with E-state index in [1.54, 1.807) is 0 Å². The summed E-state index contributed by atoms with van der Waals surface area (Å²) in [5, 5.41) is 0. The lowest BCUT2D eigenvalue weighted by Gasteiger charge is -2.33. The third-order valence-electron chi connectivity index (χ3n) is 7.22. The second-order valence-corrected chi connectivity index (χ2v) is 9.97. The summed E-state index contributed by atoms with van der Waals surface area (Å²) >= 11 is 0. The summed E-state index contributed by atoms with van der Waals surface area (Å²) in [6, 6.07) is 20.4. The SMILES string of the molecule is C1=C(c2ccccc2)OC2(CC1)COC(CCCCC1OCC3(CCC=C(c4ccccc4)O3)O1)O2. The first-order valence-electron chi connectivity index (χ1n) is 13.2. The molecule has 4 aliphatic rings. The molecule has 0 amide bonds. The van der Waals surface area contributed by atoms with Crippen molar-refractivity contribution in [2.45, 2.75) is 75.5 Å². The number of ether oxygens (including phenoxy) is 6. The molecule has 6 nitrogen and oxygen atoms in total. The van der Waals surface area contributed by atoms with Crippen LogP contribution < -0.4 is 0 Å². The Morgan fingerprint density at radius 1 is 0.611 bits per heavy atom. The van der Waals surface area contributed by atoms with E-state index in [1.807, 2.05) is 36.4 Å². The minimum Gasteiger partial charge on any atom is -0.459 e. The molecule has 4 atom stereocenters. The number of hydrogen-bond acceptors (Lipinski definition) is 6.